The molecule has 21 heavy (non-hydrogen) atoms. The van der Waals surface area contributed by atoms with Crippen LogP contribution in [0.3, 0.4) is 0 Å². The van der Waals surface area contributed by atoms with E-state index in [2.05, 4.69) is 29.4 Å². The minimum absolute atomic E-state index is 0.152. The summed E-state index contributed by atoms with van der Waals surface area (Å²) in [5.41, 5.74) is 3.08. The summed E-state index contributed by atoms with van der Waals surface area (Å²) in [7, 11) is 0. The van der Waals surface area contributed by atoms with Crippen LogP contribution in [0.4, 0.5) is 4.39 Å². The lowest BCUT2D eigenvalue weighted by molar-refractivity contribution is 0.565. The van der Waals surface area contributed by atoms with Gasteiger partial charge in [-0.2, -0.15) is 0 Å². The maximum Gasteiger partial charge on any atom is 0.123 e. The van der Waals surface area contributed by atoms with Crippen LogP contribution in [0.15, 0.2) is 60.7 Å². The van der Waals surface area contributed by atoms with Crippen molar-refractivity contribution in [3.8, 4) is 0 Å². The van der Waals surface area contributed by atoms with Gasteiger partial charge in [0.2, 0.25) is 0 Å². The fraction of sp³-hybridized carbons (Fsp3) is 0.167. The Morgan fingerprint density at radius 3 is 2.57 bits per heavy atom. The molecule has 0 fully saturated rings. The molecule has 106 valence electrons. The third-order valence-corrected chi connectivity index (χ3v) is 3.62. The second-order valence-electron chi connectivity index (χ2n) is 5.15. The molecule has 0 spiro atoms. The quantitative estimate of drug-likeness (QED) is 0.773. The summed E-state index contributed by atoms with van der Waals surface area (Å²) in [4.78, 5) is 4.63. The van der Waals surface area contributed by atoms with Gasteiger partial charge >= 0.3 is 0 Å². The van der Waals surface area contributed by atoms with Crippen LogP contribution in [0.2, 0.25) is 0 Å². The highest BCUT2D eigenvalue weighted by molar-refractivity contribution is 5.78. The van der Waals surface area contributed by atoms with Crippen molar-refractivity contribution in [1.82, 2.24) is 10.3 Å². The van der Waals surface area contributed by atoms with Crippen molar-refractivity contribution < 1.29 is 4.39 Å². The number of fused-ring (bicyclic) bond motifs is 1. The molecule has 1 aromatic heterocycles. The van der Waals surface area contributed by atoms with Gasteiger partial charge in [0.1, 0.15) is 5.82 Å². The molecule has 2 aromatic carbocycles. The molecule has 2 nitrogen and oxygen atoms in total. The molecule has 1 heterocycles. The first-order valence-electron chi connectivity index (χ1n) is 7.06. The van der Waals surface area contributed by atoms with Gasteiger partial charge in [-0.05, 0) is 36.8 Å². The van der Waals surface area contributed by atoms with E-state index < -0.39 is 0 Å². The van der Waals surface area contributed by atoms with E-state index in [1.165, 1.54) is 12.1 Å². The van der Waals surface area contributed by atoms with Crippen molar-refractivity contribution >= 4 is 10.9 Å². The first-order chi connectivity index (χ1) is 10.2. The molecule has 3 aromatic rings. The fourth-order valence-electron chi connectivity index (χ4n) is 2.33. The summed E-state index contributed by atoms with van der Waals surface area (Å²) in [6, 6.07) is 18.9. The van der Waals surface area contributed by atoms with Crippen molar-refractivity contribution in [3.05, 3.63) is 77.7 Å². The summed E-state index contributed by atoms with van der Waals surface area (Å²) >= 11 is 0. The summed E-state index contributed by atoms with van der Waals surface area (Å²) in [6.07, 6.45) is 0. The van der Waals surface area contributed by atoms with Gasteiger partial charge in [0, 0.05) is 18.0 Å². The Labute approximate surface area is 123 Å². The third-order valence-electron chi connectivity index (χ3n) is 3.62. The van der Waals surface area contributed by atoms with Gasteiger partial charge in [0.05, 0.1) is 11.2 Å². The first-order valence-corrected chi connectivity index (χ1v) is 7.06. The van der Waals surface area contributed by atoms with Gasteiger partial charge in [0.25, 0.3) is 0 Å². The number of nitrogens with zero attached hydrogens (tertiary/aromatic N) is 1. The highest BCUT2D eigenvalue weighted by atomic mass is 19.1. The molecule has 3 rings (SSSR count). The number of halogens is 1. The number of hydrogen-bond donors (Lipinski definition) is 1. The SMILES string of the molecule is C[C@@H](NCc1ccc2ccccc2n1)c1ccc(F)cc1. The van der Waals surface area contributed by atoms with Gasteiger partial charge < -0.3 is 5.32 Å². The standard InChI is InChI=1S/C18H17FN2/c1-13(14-6-9-16(19)10-7-14)20-12-17-11-8-15-4-2-3-5-18(15)21-17/h2-11,13,20H,12H2,1H3/t13-/m1/s1. The van der Waals surface area contributed by atoms with Crippen LogP contribution in [0.25, 0.3) is 10.9 Å². The Morgan fingerprint density at radius 1 is 1.00 bits per heavy atom. The zero-order valence-electron chi connectivity index (χ0n) is 11.9. The van der Waals surface area contributed by atoms with Crippen LogP contribution in [0, 0.1) is 5.82 Å². The average Bonchev–Trinajstić information content (AvgIpc) is 2.53. The zero-order valence-corrected chi connectivity index (χ0v) is 11.9. The van der Waals surface area contributed by atoms with Crippen LogP contribution in [0.5, 0.6) is 0 Å². The second-order valence-corrected chi connectivity index (χ2v) is 5.15. The minimum Gasteiger partial charge on any atom is -0.305 e. The molecule has 1 atom stereocenters. The Kier molecular flexibility index (Phi) is 3.93. The van der Waals surface area contributed by atoms with E-state index in [1.54, 1.807) is 12.1 Å². The van der Waals surface area contributed by atoms with Crippen molar-refractivity contribution in [2.75, 3.05) is 0 Å². The summed E-state index contributed by atoms with van der Waals surface area (Å²) < 4.78 is 12.9. The molecule has 0 saturated carbocycles. The van der Waals surface area contributed by atoms with Crippen molar-refractivity contribution in [3.63, 3.8) is 0 Å². The molecule has 0 radical (unpaired) electrons. The number of aromatic nitrogens is 1. The highest BCUT2D eigenvalue weighted by Crippen LogP contribution is 2.15. The van der Waals surface area contributed by atoms with Crippen LogP contribution in [0.1, 0.15) is 24.2 Å². The monoisotopic (exact) mass is 280 g/mol. The van der Waals surface area contributed by atoms with E-state index >= 15 is 0 Å². The molecule has 0 bridgehead atoms. The molecule has 0 aliphatic rings. The minimum atomic E-state index is -0.206. The normalized spacial score (nSPS) is 12.5. The lowest BCUT2D eigenvalue weighted by Crippen LogP contribution is -2.18. The molecule has 0 saturated heterocycles. The molecule has 0 aliphatic carbocycles. The summed E-state index contributed by atoms with van der Waals surface area (Å²) in [5.74, 6) is -0.206. The predicted octanol–water partition coefficient (Wildman–Crippen LogP) is 4.22. The fourth-order valence-corrected chi connectivity index (χ4v) is 2.33. The number of hydrogen-bond acceptors (Lipinski definition) is 2. The van der Waals surface area contributed by atoms with E-state index in [0.29, 0.717) is 6.54 Å². The summed E-state index contributed by atoms with van der Waals surface area (Å²) in [6.45, 7) is 2.75. The molecule has 0 unspecified atom stereocenters. The molecule has 0 amide bonds. The topological polar surface area (TPSA) is 24.9 Å². The highest BCUT2D eigenvalue weighted by Gasteiger charge is 2.05. The van der Waals surface area contributed by atoms with Crippen molar-refractivity contribution in [2.24, 2.45) is 0 Å². The Hall–Kier alpha value is -2.26. The van der Waals surface area contributed by atoms with Gasteiger partial charge in [-0.1, -0.05) is 36.4 Å². The van der Waals surface area contributed by atoms with E-state index in [-0.39, 0.29) is 11.9 Å². The Bertz CT molecular complexity index is 738. The van der Waals surface area contributed by atoms with Gasteiger partial charge in [0.15, 0.2) is 0 Å². The van der Waals surface area contributed by atoms with Crippen molar-refractivity contribution in [2.45, 2.75) is 19.5 Å². The van der Waals surface area contributed by atoms with Gasteiger partial charge in [-0.3, -0.25) is 4.98 Å². The zero-order chi connectivity index (χ0) is 14.7. The van der Waals surface area contributed by atoms with Crippen LogP contribution in [-0.4, -0.2) is 4.98 Å². The first kappa shape index (κ1) is 13.7. The Morgan fingerprint density at radius 2 is 1.76 bits per heavy atom. The van der Waals surface area contributed by atoms with Gasteiger partial charge in [-0.15, -0.1) is 0 Å². The van der Waals surface area contributed by atoms with Gasteiger partial charge in [-0.25, -0.2) is 4.39 Å². The van der Waals surface area contributed by atoms with Crippen molar-refractivity contribution in [1.29, 1.82) is 0 Å². The van der Waals surface area contributed by atoms with Crippen LogP contribution >= 0.6 is 0 Å². The molecular weight excluding hydrogens is 263 g/mol. The summed E-state index contributed by atoms with van der Waals surface area (Å²) in [5, 5.41) is 4.56. The molecule has 0 aliphatic heterocycles. The van der Waals surface area contributed by atoms with Crippen LogP contribution < -0.4 is 5.32 Å². The van der Waals surface area contributed by atoms with Crippen LogP contribution in [-0.2, 0) is 6.54 Å². The number of rotatable bonds is 4. The maximum absolute atomic E-state index is 12.9. The third kappa shape index (κ3) is 3.26. The Balaban J connectivity index is 1.69. The second kappa shape index (κ2) is 6.02. The average molecular weight is 280 g/mol. The van der Waals surface area contributed by atoms with E-state index in [1.807, 2.05) is 24.3 Å². The van der Waals surface area contributed by atoms with E-state index in [0.717, 1.165) is 22.2 Å². The number of pyridine rings is 1. The maximum atomic E-state index is 12.9. The smallest absolute Gasteiger partial charge is 0.123 e. The van der Waals surface area contributed by atoms with E-state index in [4.69, 9.17) is 0 Å². The number of benzene rings is 2. The lowest BCUT2D eigenvalue weighted by atomic mass is 10.1. The predicted molar refractivity (Wildman–Crippen MR) is 83.4 cm³/mol. The number of nitrogens with one attached hydrogen (secondary N) is 1. The number of para-hydroxylation sites is 1. The van der Waals surface area contributed by atoms with E-state index in [9.17, 15) is 4.39 Å². The molecule has 3 heteroatoms. The lowest BCUT2D eigenvalue weighted by Gasteiger charge is -2.14. The molecule has 1 N–H and O–H groups in total. The largest absolute Gasteiger partial charge is 0.305 e. The molecular formula is C18H17FN2.